The molecule has 0 aliphatic carbocycles. The lowest BCUT2D eigenvalue weighted by molar-refractivity contribution is -0.120. The molecule has 6 nitrogen and oxygen atoms in total. The summed E-state index contributed by atoms with van der Waals surface area (Å²) in [4.78, 5) is 18.6. The molecule has 27 heavy (non-hydrogen) atoms. The number of benzene rings is 1. The molecule has 0 radical (unpaired) electrons. The number of aliphatic imine (C=N–C) groups is 1. The number of nitrogens with one attached hydrogen (secondary N) is 2. The summed E-state index contributed by atoms with van der Waals surface area (Å²) in [7, 11) is 2.02. The second-order valence-electron chi connectivity index (χ2n) is 6.50. The molecule has 1 unspecified atom stereocenters. The molecule has 1 heterocycles. The summed E-state index contributed by atoms with van der Waals surface area (Å²) < 4.78 is 18.3. The van der Waals surface area contributed by atoms with Gasteiger partial charge in [-0.1, -0.05) is 12.1 Å². The average Bonchev–Trinajstić information content (AvgIpc) is 3.12. The van der Waals surface area contributed by atoms with Crippen molar-refractivity contribution in [2.24, 2.45) is 10.9 Å². The van der Waals surface area contributed by atoms with Gasteiger partial charge in [0.2, 0.25) is 5.91 Å². The van der Waals surface area contributed by atoms with Crippen molar-refractivity contribution in [3.05, 3.63) is 35.6 Å². The standard InChI is InChI=1S/C19H29FN4O2.HI/c1-3-21-19(24(2)13-16-8-11-26-14-16)23-10-9-22-18(25)12-15-4-6-17(20)7-5-15;/h4-7,16H,3,8-14H2,1-2H3,(H,21,23)(H,22,25);1H. The summed E-state index contributed by atoms with van der Waals surface area (Å²) >= 11 is 0. The first kappa shape index (κ1) is 23.6. The van der Waals surface area contributed by atoms with Crippen LogP contribution < -0.4 is 10.6 Å². The SMILES string of the molecule is CCNC(=NCCNC(=O)Cc1ccc(F)cc1)N(C)CC1CCOC1.I. The maximum Gasteiger partial charge on any atom is 0.224 e. The predicted octanol–water partition coefficient (Wildman–Crippen LogP) is 2.04. The summed E-state index contributed by atoms with van der Waals surface area (Å²) in [6.07, 6.45) is 1.33. The number of carbonyl (C=O) groups excluding carboxylic acids is 1. The molecule has 0 aromatic heterocycles. The van der Waals surface area contributed by atoms with Crippen molar-refractivity contribution in [2.45, 2.75) is 19.8 Å². The van der Waals surface area contributed by atoms with Gasteiger partial charge in [-0.25, -0.2) is 4.39 Å². The lowest BCUT2D eigenvalue weighted by atomic mass is 10.1. The molecule has 152 valence electrons. The zero-order valence-corrected chi connectivity index (χ0v) is 18.4. The van der Waals surface area contributed by atoms with Crippen LogP contribution in [0.4, 0.5) is 4.39 Å². The molecule has 1 aromatic rings. The Labute approximate surface area is 178 Å². The quantitative estimate of drug-likeness (QED) is 0.252. The first-order valence-electron chi connectivity index (χ1n) is 9.16. The normalized spacial score (nSPS) is 16.6. The van der Waals surface area contributed by atoms with E-state index in [1.165, 1.54) is 12.1 Å². The van der Waals surface area contributed by atoms with Gasteiger partial charge < -0.3 is 20.3 Å². The zero-order valence-electron chi connectivity index (χ0n) is 16.0. The van der Waals surface area contributed by atoms with E-state index in [-0.39, 0.29) is 42.1 Å². The van der Waals surface area contributed by atoms with Crippen LogP contribution in [0.1, 0.15) is 18.9 Å². The van der Waals surface area contributed by atoms with Gasteiger partial charge in [0.15, 0.2) is 5.96 Å². The lowest BCUT2D eigenvalue weighted by Crippen LogP contribution is -2.42. The van der Waals surface area contributed by atoms with Crippen LogP contribution in [-0.2, 0) is 16.0 Å². The van der Waals surface area contributed by atoms with Gasteiger partial charge in [-0.15, -0.1) is 24.0 Å². The Morgan fingerprint density at radius 2 is 2.07 bits per heavy atom. The maximum absolute atomic E-state index is 12.9. The van der Waals surface area contributed by atoms with Gasteiger partial charge in [0.1, 0.15) is 5.82 Å². The Morgan fingerprint density at radius 1 is 1.33 bits per heavy atom. The summed E-state index contributed by atoms with van der Waals surface area (Å²) in [6.45, 7) is 6.35. The van der Waals surface area contributed by atoms with E-state index in [1.54, 1.807) is 12.1 Å². The van der Waals surface area contributed by atoms with Gasteiger partial charge in [-0.05, 0) is 31.0 Å². The van der Waals surface area contributed by atoms with E-state index in [4.69, 9.17) is 4.74 Å². The topological polar surface area (TPSA) is 66.0 Å². The molecule has 1 aliphatic heterocycles. The fraction of sp³-hybridized carbons (Fsp3) is 0.579. The van der Waals surface area contributed by atoms with Crippen molar-refractivity contribution >= 4 is 35.8 Å². The molecule has 0 spiro atoms. The number of rotatable bonds is 8. The predicted molar refractivity (Wildman–Crippen MR) is 116 cm³/mol. The fourth-order valence-corrected chi connectivity index (χ4v) is 2.88. The summed E-state index contributed by atoms with van der Waals surface area (Å²) in [5.74, 6) is 0.993. The molecule has 1 fully saturated rings. The molecule has 0 saturated carbocycles. The number of hydrogen-bond donors (Lipinski definition) is 2. The highest BCUT2D eigenvalue weighted by molar-refractivity contribution is 14.0. The van der Waals surface area contributed by atoms with Crippen LogP contribution in [-0.4, -0.2) is 63.2 Å². The van der Waals surface area contributed by atoms with Crippen molar-refractivity contribution in [3.63, 3.8) is 0 Å². The van der Waals surface area contributed by atoms with E-state index in [0.29, 0.717) is 19.0 Å². The number of guanidine groups is 1. The zero-order chi connectivity index (χ0) is 18.8. The number of carbonyl (C=O) groups is 1. The monoisotopic (exact) mass is 492 g/mol. The van der Waals surface area contributed by atoms with E-state index in [2.05, 4.69) is 20.5 Å². The number of hydrogen-bond acceptors (Lipinski definition) is 3. The third kappa shape index (κ3) is 8.87. The van der Waals surface area contributed by atoms with Crippen LogP contribution in [0.3, 0.4) is 0 Å². The van der Waals surface area contributed by atoms with E-state index >= 15 is 0 Å². The minimum Gasteiger partial charge on any atom is -0.381 e. The Balaban J connectivity index is 0.00000364. The second-order valence-corrected chi connectivity index (χ2v) is 6.50. The largest absolute Gasteiger partial charge is 0.381 e. The molecule has 2 N–H and O–H groups in total. The van der Waals surface area contributed by atoms with E-state index in [9.17, 15) is 9.18 Å². The highest BCUT2D eigenvalue weighted by Gasteiger charge is 2.18. The summed E-state index contributed by atoms with van der Waals surface area (Å²) in [5.41, 5.74) is 0.791. The number of amides is 1. The number of halogens is 2. The van der Waals surface area contributed by atoms with Gasteiger partial charge in [-0.3, -0.25) is 9.79 Å². The van der Waals surface area contributed by atoms with Crippen LogP contribution in [0.25, 0.3) is 0 Å². The first-order valence-corrected chi connectivity index (χ1v) is 9.16. The molecule has 1 saturated heterocycles. The molecular formula is C19H30FIN4O2. The fourth-order valence-electron chi connectivity index (χ4n) is 2.88. The minimum absolute atomic E-state index is 0. The van der Waals surface area contributed by atoms with Gasteiger partial charge in [-0.2, -0.15) is 0 Å². The van der Waals surface area contributed by atoms with E-state index in [0.717, 1.165) is 44.2 Å². The van der Waals surface area contributed by atoms with Crippen LogP contribution in [0, 0.1) is 11.7 Å². The van der Waals surface area contributed by atoms with Crippen molar-refractivity contribution in [1.29, 1.82) is 0 Å². The molecule has 8 heteroatoms. The smallest absolute Gasteiger partial charge is 0.224 e. The van der Waals surface area contributed by atoms with Crippen molar-refractivity contribution in [2.75, 3.05) is 46.4 Å². The highest BCUT2D eigenvalue weighted by atomic mass is 127. The van der Waals surface area contributed by atoms with Crippen LogP contribution in [0.2, 0.25) is 0 Å². The molecule has 1 atom stereocenters. The summed E-state index contributed by atoms with van der Waals surface area (Å²) in [6, 6.07) is 5.97. The highest BCUT2D eigenvalue weighted by Crippen LogP contribution is 2.13. The van der Waals surface area contributed by atoms with Crippen LogP contribution in [0.15, 0.2) is 29.3 Å². The van der Waals surface area contributed by atoms with Gasteiger partial charge in [0.25, 0.3) is 0 Å². The van der Waals surface area contributed by atoms with Crippen LogP contribution >= 0.6 is 24.0 Å². The molecule has 2 rings (SSSR count). The Bertz CT molecular complexity index is 592. The molecule has 1 aliphatic rings. The van der Waals surface area contributed by atoms with Crippen molar-refractivity contribution in [3.8, 4) is 0 Å². The third-order valence-electron chi connectivity index (χ3n) is 4.23. The average molecular weight is 492 g/mol. The molecular weight excluding hydrogens is 462 g/mol. The molecule has 1 aromatic carbocycles. The van der Waals surface area contributed by atoms with Gasteiger partial charge in [0, 0.05) is 39.2 Å². The van der Waals surface area contributed by atoms with Crippen molar-refractivity contribution in [1.82, 2.24) is 15.5 Å². The van der Waals surface area contributed by atoms with Crippen LogP contribution in [0.5, 0.6) is 0 Å². The van der Waals surface area contributed by atoms with Gasteiger partial charge >= 0.3 is 0 Å². The Hall–Kier alpha value is -1.42. The second kappa shape index (κ2) is 12.9. The third-order valence-corrected chi connectivity index (χ3v) is 4.23. The molecule has 1 amide bonds. The van der Waals surface area contributed by atoms with Gasteiger partial charge in [0.05, 0.1) is 19.6 Å². The van der Waals surface area contributed by atoms with E-state index in [1.807, 2.05) is 14.0 Å². The lowest BCUT2D eigenvalue weighted by Gasteiger charge is -2.24. The number of ether oxygens (including phenoxy) is 1. The maximum atomic E-state index is 12.9. The minimum atomic E-state index is -0.298. The van der Waals surface area contributed by atoms with Crippen molar-refractivity contribution < 1.29 is 13.9 Å². The van der Waals surface area contributed by atoms with E-state index < -0.39 is 0 Å². The Morgan fingerprint density at radius 3 is 2.70 bits per heavy atom. The number of nitrogens with zero attached hydrogens (tertiary/aromatic N) is 2. The summed E-state index contributed by atoms with van der Waals surface area (Å²) in [5, 5.41) is 6.13. The first-order chi connectivity index (χ1) is 12.6. The Kier molecular flexibility index (Phi) is 11.3. The molecule has 0 bridgehead atoms.